The molecule has 2 rings (SSSR count). The van der Waals surface area contributed by atoms with Crippen LogP contribution in [0.3, 0.4) is 0 Å². The summed E-state index contributed by atoms with van der Waals surface area (Å²) >= 11 is 0. The van der Waals surface area contributed by atoms with E-state index in [1.54, 1.807) is 23.1 Å². The van der Waals surface area contributed by atoms with Crippen LogP contribution < -0.4 is 0 Å². The lowest BCUT2D eigenvalue weighted by molar-refractivity contribution is -0.133. The second-order valence-electron chi connectivity index (χ2n) is 5.93. The third-order valence-corrected chi connectivity index (χ3v) is 3.93. The Bertz CT molecular complexity index is 737. The zero-order valence-corrected chi connectivity index (χ0v) is 14.7. The van der Waals surface area contributed by atoms with E-state index < -0.39 is 5.92 Å². The summed E-state index contributed by atoms with van der Waals surface area (Å²) in [5.41, 5.74) is 1.15. The predicted molar refractivity (Wildman–Crippen MR) is 93.8 cm³/mol. The van der Waals surface area contributed by atoms with Crippen molar-refractivity contribution in [2.75, 3.05) is 13.1 Å². The number of oxazole rings is 1. The average molecular weight is 341 g/mol. The number of benzene rings is 1. The number of Topliss-reactive ketones (excluding diaryl/α,β-unsaturated/α-hetero) is 1. The van der Waals surface area contributed by atoms with Crippen LogP contribution in [0.15, 0.2) is 28.7 Å². The summed E-state index contributed by atoms with van der Waals surface area (Å²) < 4.78 is 5.52. The van der Waals surface area contributed by atoms with Crippen molar-refractivity contribution < 1.29 is 14.0 Å². The summed E-state index contributed by atoms with van der Waals surface area (Å²) in [6, 6.07) is 9.06. The number of hydrogen-bond acceptors (Lipinski definition) is 5. The number of rotatable bonds is 9. The number of nitriles is 1. The number of carbonyl (C=O) groups excluding carboxylic acids is 2. The highest BCUT2D eigenvalue weighted by Gasteiger charge is 2.26. The lowest BCUT2D eigenvalue weighted by atomic mass is 10.0. The van der Waals surface area contributed by atoms with Crippen LogP contribution >= 0.6 is 0 Å². The van der Waals surface area contributed by atoms with E-state index in [0.29, 0.717) is 24.2 Å². The van der Waals surface area contributed by atoms with E-state index in [-0.39, 0.29) is 30.4 Å². The summed E-state index contributed by atoms with van der Waals surface area (Å²) in [4.78, 5) is 30.7. The van der Waals surface area contributed by atoms with Crippen LogP contribution in [0.2, 0.25) is 0 Å². The Kier molecular flexibility index (Phi) is 6.70. The molecule has 2 aromatic rings. The minimum absolute atomic E-state index is 0.0136. The topological polar surface area (TPSA) is 87.2 Å². The number of carbonyl (C=O) groups is 2. The third kappa shape index (κ3) is 4.66. The molecule has 0 aliphatic carbocycles. The molecule has 1 atom stereocenters. The predicted octanol–water partition coefficient (Wildman–Crippen LogP) is 3.43. The van der Waals surface area contributed by atoms with Crippen molar-refractivity contribution in [3.63, 3.8) is 0 Å². The number of amides is 1. The Morgan fingerprint density at radius 1 is 1.20 bits per heavy atom. The van der Waals surface area contributed by atoms with Crippen LogP contribution in [-0.4, -0.2) is 34.7 Å². The quantitative estimate of drug-likeness (QED) is 0.697. The van der Waals surface area contributed by atoms with Crippen LogP contribution in [0.1, 0.15) is 51.3 Å². The lowest BCUT2D eigenvalue weighted by Crippen LogP contribution is -2.32. The van der Waals surface area contributed by atoms with Crippen LogP contribution in [0, 0.1) is 11.3 Å². The number of fused-ring (bicyclic) bond motifs is 1. The molecule has 0 saturated heterocycles. The maximum absolute atomic E-state index is 12.4. The Hall–Kier alpha value is -2.68. The number of ketones is 1. The van der Waals surface area contributed by atoms with Gasteiger partial charge >= 0.3 is 0 Å². The molecule has 25 heavy (non-hydrogen) atoms. The van der Waals surface area contributed by atoms with Crippen LogP contribution in [0.5, 0.6) is 0 Å². The maximum atomic E-state index is 12.4. The van der Waals surface area contributed by atoms with Gasteiger partial charge in [-0.15, -0.1) is 0 Å². The summed E-state index contributed by atoms with van der Waals surface area (Å²) in [5, 5.41) is 9.35. The fourth-order valence-corrected chi connectivity index (χ4v) is 2.71. The van der Waals surface area contributed by atoms with Gasteiger partial charge in [0, 0.05) is 25.9 Å². The largest absolute Gasteiger partial charge is 0.439 e. The van der Waals surface area contributed by atoms with Gasteiger partial charge in [-0.3, -0.25) is 9.59 Å². The molecule has 1 amide bonds. The monoisotopic (exact) mass is 341 g/mol. The van der Waals surface area contributed by atoms with Crippen molar-refractivity contribution >= 4 is 22.8 Å². The first-order valence-corrected chi connectivity index (χ1v) is 8.66. The Labute approximate surface area is 147 Å². The fraction of sp³-hybridized carbons (Fsp3) is 0.474. The van der Waals surface area contributed by atoms with Crippen molar-refractivity contribution in [1.82, 2.24) is 9.88 Å². The van der Waals surface area contributed by atoms with E-state index in [4.69, 9.17) is 4.42 Å². The van der Waals surface area contributed by atoms with Gasteiger partial charge in [-0.1, -0.05) is 26.0 Å². The molecular weight excluding hydrogens is 318 g/mol. The molecule has 1 unspecified atom stereocenters. The first-order chi connectivity index (χ1) is 12.1. The van der Waals surface area contributed by atoms with E-state index in [1.165, 1.54) is 0 Å². The highest BCUT2D eigenvalue weighted by Crippen LogP contribution is 2.23. The highest BCUT2D eigenvalue weighted by molar-refractivity contribution is 5.91. The zero-order chi connectivity index (χ0) is 18.2. The lowest BCUT2D eigenvalue weighted by Gasteiger charge is -2.21. The molecule has 132 valence electrons. The van der Waals surface area contributed by atoms with Crippen molar-refractivity contribution in [3.8, 4) is 6.07 Å². The van der Waals surface area contributed by atoms with Crippen LogP contribution in [0.4, 0.5) is 0 Å². The molecule has 0 saturated carbocycles. The Morgan fingerprint density at radius 3 is 2.48 bits per heavy atom. The molecule has 6 nitrogen and oxygen atoms in total. The fourth-order valence-electron chi connectivity index (χ4n) is 2.71. The number of para-hydroxylation sites is 2. The van der Waals surface area contributed by atoms with Gasteiger partial charge in [0.25, 0.3) is 0 Å². The van der Waals surface area contributed by atoms with Crippen molar-refractivity contribution in [2.45, 2.75) is 45.4 Å². The van der Waals surface area contributed by atoms with Gasteiger partial charge in [-0.25, -0.2) is 4.98 Å². The number of aromatic nitrogens is 1. The van der Waals surface area contributed by atoms with Gasteiger partial charge in [0.1, 0.15) is 5.52 Å². The second kappa shape index (κ2) is 8.97. The molecule has 6 heteroatoms. The molecule has 0 bridgehead atoms. The molecule has 0 radical (unpaired) electrons. The smallest absolute Gasteiger partial charge is 0.223 e. The normalized spacial score (nSPS) is 11.9. The average Bonchev–Trinajstić information content (AvgIpc) is 3.03. The summed E-state index contributed by atoms with van der Waals surface area (Å²) in [6.45, 7) is 5.40. The molecular formula is C19H23N3O3. The first-order valence-electron chi connectivity index (χ1n) is 8.66. The summed E-state index contributed by atoms with van der Waals surface area (Å²) in [7, 11) is 0. The van der Waals surface area contributed by atoms with Crippen molar-refractivity contribution in [3.05, 3.63) is 30.2 Å². The highest BCUT2D eigenvalue weighted by atomic mass is 16.3. The van der Waals surface area contributed by atoms with Crippen LogP contribution in [0.25, 0.3) is 11.1 Å². The van der Waals surface area contributed by atoms with Crippen molar-refractivity contribution in [2.24, 2.45) is 0 Å². The molecule has 0 aliphatic rings. The SMILES string of the molecule is CCCN(CCC)C(=O)CCC(=O)C(C#N)c1nc2ccccc2o1. The molecule has 0 fully saturated rings. The molecule has 0 spiro atoms. The van der Waals surface area contributed by atoms with E-state index >= 15 is 0 Å². The van der Waals surface area contributed by atoms with Gasteiger partial charge in [0.05, 0.1) is 6.07 Å². The molecule has 1 aromatic carbocycles. The van der Waals surface area contributed by atoms with Crippen molar-refractivity contribution in [1.29, 1.82) is 5.26 Å². The van der Waals surface area contributed by atoms with E-state index in [2.05, 4.69) is 4.98 Å². The van der Waals surface area contributed by atoms with Crippen LogP contribution in [-0.2, 0) is 9.59 Å². The standard InChI is InChI=1S/C19H23N3O3/c1-3-11-22(12-4-2)18(24)10-9-16(23)14(13-20)19-21-15-7-5-6-8-17(15)25-19/h5-8,14H,3-4,9-12H2,1-2H3. The second-order valence-corrected chi connectivity index (χ2v) is 5.93. The van der Waals surface area contributed by atoms with Gasteiger partial charge in [0.15, 0.2) is 17.3 Å². The summed E-state index contributed by atoms with van der Waals surface area (Å²) in [6.07, 6.45) is 1.88. The summed E-state index contributed by atoms with van der Waals surface area (Å²) in [5.74, 6) is -1.37. The van der Waals surface area contributed by atoms with E-state index in [0.717, 1.165) is 12.8 Å². The molecule has 0 aliphatic heterocycles. The molecule has 0 N–H and O–H groups in total. The van der Waals surface area contributed by atoms with Gasteiger partial charge < -0.3 is 9.32 Å². The number of hydrogen-bond donors (Lipinski definition) is 0. The molecule has 1 heterocycles. The minimum Gasteiger partial charge on any atom is -0.439 e. The minimum atomic E-state index is -1.08. The van der Waals surface area contributed by atoms with Gasteiger partial charge in [-0.2, -0.15) is 5.26 Å². The zero-order valence-electron chi connectivity index (χ0n) is 14.7. The van der Waals surface area contributed by atoms with Gasteiger partial charge in [0.2, 0.25) is 11.8 Å². The Morgan fingerprint density at radius 2 is 1.88 bits per heavy atom. The molecule has 1 aromatic heterocycles. The first kappa shape index (κ1) is 18.7. The number of nitrogens with zero attached hydrogens (tertiary/aromatic N) is 3. The maximum Gasteiger partial charge on any atom is 0.223 e. The van der Waals surface area contributed by atoms with E-state index in [9.17, 15) is 14.9 Å². The van der Waals surface area contributed by atoms with Gasteiger partial charge in [-0.05, 0) is 25.0 Å². The van der Waals surface area contributed by atoms with E-state index in [1.807, 2.05) is 26.0 Å². The third-order valence-electron chi connectivity index (χ3n) is 3.93. The Balaban J connectivity index is 2.02.